The molecular formula is C16H24N2O2. The SMILES string of the molecule is O=C=CCCCCCCCONNCc1ccccc1. The Morgan fingerprint density at radius 2 is 1.80 bits per heavy atom. The summed E-state index contributed by atoms with van der Waals surface area (Å²) in [6.07, 6.45) is 8.05. The minimum Gasteiger partial charge on any atom is -0.287 e. The molecule has 2 N–H and O–H groups in total. The average Bonchev–Trinajstić information content (AvgIpc) is 2.49. The molecule has 0 fully saturated rings. The number of rotatable bonds is 12. The first-order valence-corrected chi connectivity index (χ1v) is 7.26. The van der Waals surface area contributed by atoms with E-state index in [0.717, 1.165) is 38.6 Å². The summed E-state index contributed by atoms with van der Waals surface area (Å²) < 4.78 is 0. The third kappa shape index (κ3) is 9.48. The van der Waals surface area contributed by atoms with Crippen molar-refractivity contribution in [2.45, 2.75) is 45.1 Å². The highest BCUT2D eigenvalue weighted by atomic mass is 16.7. The van der Waals surface area contributed by atoms with Crippen molar-refractivity contribution in [2.75, 3.05) is 6.61 Å². The van der Waals surface area contributed by atoms with Gasteiger partial charge in [-0.1, -0.05) is 49.6 Å². The van der Waals surface area contributed by atoms with Gasteiger partial charge >= 0.3 is 0 Å². The van der Waals surface area contributed by atoms with Crippen LogP contribution in [0.15, 0.2) is 36.4 Å². The molecule has 4 nitrogen and oxygen atoms in total. The molecule has 0 unspecified atom stereocenters. The Morgan fingerprint density at radius 3 is 2.60 bits per heavy atom. The molecule has 1 aromatic carbocycles. The minimum atomic E-state index is 0.704. The van der Waals surface area contributed by atoms with Gasteiger partial charge in [-0.25, -0.2) is 10.2 Å². The van der Waals surface area contributed by atoms with Gasteiger partial charge in [-0.15, -0.1) is 5.59 Å². The van der Waals surface area contributed by atoms with Crippen LogP contribution in [0.3, 0.4) is 0 Å². The summed E-state index contributed by atoms with van der Waals surface area (Å²) in [6, 6.07) is 10.2. The van der Waals surface area contributed by atoms with Gasteiger partial charge in [0, 0.05) is 6.54 Å². The number of nitrogens with one attached hydrogen (secondary N) is 2. The van der Waals surface area contributed by atoms with Crippen LogP contribution in [0, 0.1) is 0 Å². The van der Waals surface area contributed by atoms with Gasteiger partial charge in [0.05, 0.1) is 6.61 Å². The summed E-state index contributed by atoms with van der Waals surface area (Å²) in [5.41, 5.74) is 6.98. The van der Waals surface area contributed by atoms with E-state index in [1.807, 2.05) is 18.2 Å². The molecule has 0 saturated heterocycles. The fourth-order valence-corrected chi connectivity index (χ4v) is 1.85. The van der Waals surface area contributed by atoms with Crippen molar-refractivity contribution in [1.29, 1.82) is 0 Å². The molecule has 110 valence electrons. The highest BCUT2D eigenvalue weighted by Crippen LogP contribution is 2.05. The van der Waals surface area contributed by atoms with E-state index in [9.17, 15) is 4.79 Å². The van der Waals surface area contributed by atoms with E-state index < -0.39 is 0 Å². The zero-order chi connectivity index (χ0) is 14.3. The van der Waals surface area contributed by atoms with Gasteiger partial charge in [-0.2, -0.15) is 0 Å². The third-order valence-electron chi connectivity index (χ3n) is 2.96. The molecule has 0 atom stereocenters. The van der Waals surface area contributed by atoms with Gasteiger partial charge in [-0.05, 0) is 30.9 Å². The summed E-state index contributed by atoms with van der Waals surface area (Å²) in [5.74, 6) is 1.80. The molecular weight excluding hydrogens is 252 g/mol. The topological polar surface area (TPSA) is 50.4 Å². The molecule has 1 rings (SSSR count). The maximum atomic E-state index is 9.95. The van der Waals surface area contributed by atoms with E-state index in [1.54, 1.807) is 12.0 Å². The van der Waals surface area contributed by atoms with E-state index in [0.29, 0.717) is 6.61 Å². The fourth-order valence-electron chi connectivity index (χ4n) is 1.85. The zero-order valence-corrected chi connectivity index (χ0v) is 11.9. The number of unbranched alkanes of at least 4 members (excludes halogenated alkanes) is 5. The van der Waals surface area contributed by atoms with Crippen molar-refractivity contribution in [3.8, 4) is 0 Å². The molecule has 0 amide bonds. The predicted octanol–water partition coefficient (Wildman–Crippen LogP) is 2.94. The van der Waals surface area contributed by atoms with Crippen LogP contribution in [-0.4, -0.2) is 12.5 Å². The van der Waals surface area contributed by atoms with Crippen molar-refractivity contribution < 1.29 is 9.63 Å². The van der Waals surface area contributed by atoms with Crippen LogP contribution in [-0.2, 0) is 16.2 Å². The molecule has 0 aromatic heterocycles. The van der Waals surface area contributed by atoms with Gasteiger partial charge in [0.2, 0.25) is 0 Å². The molecule has 1 aromatic rings. The summed E-state index contributed by atoms with van der Waals surface area (Å²) in [5, 5.41) is 0. The van der Waals surface area contributed by atoms with Crippen LogP contribution in [0.4, 0.5) is 0 Å². The normalized spacial score (nSPS) is 10.2. The number of hydrogen-bond acceptors (Lipinski definition) is 4. The highest BCUT2D eigenvalue weighted by molar-refractivity contribution is 5.44. The summed E-state index contributed by atoms with van der Waals surface area (Å²) in [6.45, 7) is 1.45. The molecule has 0 radical (unpaired) electrons. The zero-order valence-electron chi connectivity index (χ0n) is 11.9. The smallest absolute Gasteiger partial charge is 0.120 e. The van der Waals surface area contributed by atoms with Crippen molar-refractivity contribution in [1.82, 2.24) is 11.0 Å². The number of hydrogen-bond donors (Lipinski definition) is 2. The van der Waals surface area contributed by atoms with E-state index in [4.69, 9.17) is 4.84 Å². The Kier molecular flexibility index (Phi) is 10.4. The first-order chi connectivity index (χ1) is 9.93. The second-order valence-electron chi connectivity index (χ2n) is 4.67. The van der Waals surface area contributed by atoms with Crippen molar-refractivity contribution >= 4 is 5.94 Å². The lowest BCUT2D eigenvalue weighted by Crippen LogP contribution is -2.31. The Hall–Kier alpha value is -1.45. The van der Waals surface area contributed by atoms with E-state index in [2.05, 4.69) is 23.1 Å². The molecule has 0 saturated carbocycles. The predicted molar refractivity (Wildman–Crippen MR) is 80.3 cm³/mol. The highest BCUT2D eigenvalue weighted by Gasteiger charge is 1.92. The Bertz CT molecular complexity index is 375. The number of hydrazine groups is 1. The lowest BCUT2D eigenvalue weighted by Gasteiger charge is -2.07. The standard InChI is InChI=1S/C16H24N2O2/c19-13-9-4-2-1-3-5-10-14-20-18-17-15-16-11-7-6-8-12-16/h6-9,11-12,17-18H,1-5,10,14-15H2. The van der Waals surface area contributed by atoms with Crippen LogP contribution in [0.5, 0.6) is 0 Å². The van der Waals surface area contributed by atoms with Crippen molar-refractivity contribution in [3.05, 3.63) is 42.0 Å². The van der Waals surface area contributed by atoms with Gasteiger partial charge in [0.1, 0.15) is 5.94 Å². The van der Waals surface area contributed by atoms with Crippen LogP contribution in [0.25, 0.3) is 0 Å². The molecule has 0 aliphatic carbocycles. The van der Waals surface area contributed by atoms with Crippen LogP contribution in [0.2, 0.25) is 0 Å². The molecule has 20 heavy (non-hydrogen) atoms. The quantitative estimate of drug-likeness (QED) is 0.350. The summed E-state index contributed by atoms with van der Waals surface area (Å²) in [4.78, 5) is 15.2. The second-order valence-corrected chi connectivity index (χ2v) is 4.67. The molecule has 0 heterocycles. The van der Waals surface area contributed by atoms with E-state index in [1.165, 1.54) is 12.0 Å². The molecule has 0 aliphatic heterocycles. The lowest BCUT2D eigenvalue weighted by molar-refractivity contribution is 0.00716. The van der Waals surface area contributed by atoms with Crippen LogP contribution >= 0.6 is 0 Å². The monoisotopic (exact) mass is 276 g/mol. The minimum absolute atomic E-state index is 0.704. The Morgan fingerprint density at radius 1 is 1.05 bits per heavy atom. The second kappa shape index (κ2) is 12.6. The van der Waals surface area contributed by atoms with Gasteiger partial charge in [-0.3, -0.25) is 4.84 Å². The first-order valence-electron chi connectivity index (χ1n) is 7.26. The molecule has 4 heteroatoms. The van der Waals surface area contributed by atoms with Crippen LogP contribution < -0.4 is 11.0 Å². The number of benzene rings is 1. The molecule has 0 spiro atoms. The summed E-state index contributed by atoms with van der Waals surface area (Å²) in [7, 11) is 0. The van der Waals surface area contributed by atoms with Crippen molar-refractivity contribution in [2.24, 2.45) is 0 Å². The van der Waals surface area contributed by atoms with Gasteiger partial charge < -0.3 is 0 Å². The van der Waals surface area contributed by atoms with Crippen molar-refractivity contribution in [3.63, 3.8) is 0 Å². The molecule has 0 aliphatic rings. The largest absolute Gasteiger partial charge is 0.287 e. The number of carbonyl (C=O) groups excluding carboxylic acids is 1. The average molecular weight is 276 g/mol. The first kappa shape index (κ1) is 16.6. The fraction of sp³-hybridized carbons (Fsp3) is 0.500. The Labute approximate surface area is 121 Å². The van der Waals surface area contributed by atoms with E-state index >= 15 is 0 Å². The Balaban J connectivity index is 1.80. The third-order valence-corrected chi connectivity index (χ3v) is 2.96. The summed E-state index contributed by atoms with van der Waals surface area (Å²) >= 11 is 0. The van der Waals surface area contributed by atoms with Gasteiger partial charge in [0.15, 0.2) is 0 Å². The van der Waals surface area contributed by atoms with E-state index in [-0.39, 0.29) is 0 Å². The number of allylic oxidation sites excluding steroid dienone is 1. The van der Waals surface area contributed by atoms with Gasteiger partial charge in [0.25, 0.3) is 0 Å². The lowest BCUT2D eigenvalue weighted by atomic mass is 10.1. The maximum absolute atomic E-state index is 9.95. The molecule has 0 bridgehead atoms. The maximum Gasteiger partial charge on any atom is 0.120 e. The van der Waals surface area contributed by atoms with Crippen LogP contribution in [0.1, 0.15) is 44.1 Å².